The molecule has 72 heavy (non-hydrogen) atoms. The lowest BCUT2D eigenvalue weighted by Gasteiger charge is -2.31. The summed E-state index contributed by atoms with van der Waals surface area (Å²) in [5, 5.41) is 22.1. The third-order valence-corrected chi connectivity index (χ3v) is 18.1. The summed E-state index contributed by atoms with van der Waals surface area (Å²) in [7, 11) is 0. The van der Waals surface area contributed by atoms with Crippen LogP contribution in [-0.4, -0.2) is 17.3 Å². The van der Waals surface area contributed by atoms with Crippen LogP contribution in [0.4, 0.5) is 0 Å². The van der Waals surface area contributed by atoms with Crippen molar-refractivity contribution in [1.29, 1.82) is 0 Å². The minimum atomic E-state index is -0.310. The predicted molar refractivity (Wildman–Crippen MR) is 308 cm³/mol. The zero-order valence-corrected chi connectivity index (χ0v) is 46.4. The Morgan fingerprint density at radius 2 is 0.417 bits per heavy atom. The number of rotatable bonds is 0. The van der Waals surface area contributed by atoms with E-state index in [2.05, 4.69) is 161 Å². The molecule has 10 aromatic carbocycles. The number of carbonyl (C=O) groups excluding carboxylic acids is 3. The minimum absolute atomic E-state index is 0.191. The molecule has 366 valence electrons. The van der Waals surface area contributed by atoms with Crippen molar-refractivity contribution < 1.29 is 14.4 Å². The fraction of sp³-hybridized carbons (Fsp3) is 0.435. The van der Waals surface area contributed by atoms with Gasteiger partial charge in [0.1, 0.15) is 0 Å². The van der Waals surface area contributed by atoms with E-state index in [1.54, 1.807) is 0 Å². The molecule has 0 unspecified atom stereocenters. The molecule has 0 spiro atoms. The molecule has 0 N–H and O–H groups in total. The second-order valence-corrected chi connectivity index (χ2v) is 29.2. The van der Waals surface area contributed by atoms with Gasteiger partial charge in [-0.15, -0.1) is 0 Å². The van der Waals surface area contributed by atoms with Crippen molar-refractivity contribution in [1.82, 2.24) is 0 Å². The molecule has 10 aromatic rings. The first-order valence-electron chi connectivity index (χ1n) is 27.2. The lowest BCUT2D eigenvalue weighted by Crippen LogP contribution is -2.23. The average Bonchev–Trinajstić information content (AvgIpc) is 3.89. The second kappa shape index (κ2) is 13.5. The number of hydrogen-bond donors (Lipinski definition) is 0. The number of Topliss-reactive ketones (excluding diaryl/α,β-unsaturated/α-hetero) is 3. The SMILES string of the molecule is CC(C)(C)c1cc2c3c4c1CCC(=O)c4c(C(C)(C)C)cc3c1c3c4cc(C(C)(C)C)c5c6c(c(C(C)(C)C)cc(c64)c3c3c4cc(C(C)(C)C)c6c7c(c(C(C)(C)C)cc(c74)c3c21)C(=O)CC6)C(=O)CC5. The zero-order valence-electron chi connectivity index (χ0n) is 46.4. The third kappa shape index (κ3) is 5.67. The fourth-order valence-electron chi connectivity index (χ4n) is 15.2. The first-order chi connectivity index (χ1) is 33.3. The Morgan fingerprint density at radius 1 is 0.236 bits per heavy atom. The molecule has 0 bridgehead atoms. The third-order valence-electron chi connectivity index (χ3n) is 18.1. The van der Waals surface area contributed by atoms with E-state index < -0.39 is 0 Å². The van der Waals surface area contributed by atoms with Gasteiger partial charge in [-0.3, -0.25) is 14.4 Å². The van der Waals surface area contributed by atoms with Gasteiger partial charge in [-0.25, -0.2) is 0 Å². The average molecular weight is 949 g/mol. The largest absolute Gasteiger partial charge is 0.294 e. The van der Waals surface area contributed by atoms with Gasteiger partial charge in [0.05, 0.1) is 0 Å². The summed E-state index contributed by atoms with van der Waals surface area (Å²) < 4.78 is 0. The Labute approximate surface area is 425 Å². The van der Waals surface area contributed by atoms with Crippen LogP contribution in [0.5, 0.6) is 0 Å². The topological polar surface area (TPSA) is 51.2 Å². The smallest absolute Gasteiger partial charge is 0.164 e. The van der Waals surface area contributed by atoms with Gasteiger partial charge >= 0.3 is 0 Å². The van der Waals surface area contributed by atoms with Gasteiger partial charge in [-0.1, -0.05) is 125 Å². The lowest BCUT2D eigenvalue weighted by molar-refractivity contribution is 0.0971. The van der Waals surface area contributed by atoms with Crippen LogP contribution in [0.1, 0.15) is 225 Å². The molecule has 3 aliphatic carbocycles. The van der Waals surface area contributed by atoms with Crippen LogP contribution in [0.15, 0.2) is 36.4 Å². The second-order valence-electron chi connectivity index (χ2n) is 29.2. The van der Waals surface area contributed by atoms with Crippen LogP contribution in [0.25, 0.3) is 97.0 Å². The molecule has 0 aliphatic heterocycles. The van der Waals surface area contributed by atoms with E-state index in [9.17, 15) is 14.4 Å². The van der Waals surface area contributed by atoms with Gasteiger partial charge in [0.2, 0.25) is 0 Å². The van der Waals surface area contributed by atoms with Crippen LogP contribution in [0.2, 0.25) is 0 Å². The van der Waals surface area contributed by atoms with Crippen LogP contribution in [-0.2, 0) is 51.8 Å². The van der Waals surface area contributed by atoms with Crippen molar-refractivity contribution in [2.75, 3.05) is 0 Å². The highest BCUT2D eigenvalue weighted by Crippen LogP contribution is 2.61. The summed E-state index contributed by atoms with van der Waals surface area (Å²) in [4.78, 5) is 44.5. The van der Waals surface area contributed by atoms with Crippen LogP contribution >= 0.6 is 0 Å². The first kappa shape index (κ1) is 46.1. The van der Waals surface area contributed by atoms with E-state index in [4.69, 9.17) is 0 Å². The summed E-state index contributed by atoms with van der Waals surface area (Å²) in [6.07, 6.45) is 3.76. The van der Waals surface area contributed by atoms with Gasteiger partial charge in [0, 0.05) is 36.0 Å². The molecule has 3 heteroatoms. The standard InChI is InChI=1S/C69H72O3/c1-64(2,3)40-25-34-49-37(28-43(67(10,11)12)61-46(70)22-19-31(40)52(49)61)58-55(34)59-38-29-44(68(13,14)15)62-47(71)23-20-32-41(65(4,5)6)26-35(50(38)53(32)62)57(59)60-39-30-45(69(16,17)18)63-48(72)24-21-33-42(66(7,8)9)27-36(56(58)60)51(39)54(33)63/h25-30H,19-24H2,1-18H3. The van der Waals surface area contributed by atoms with Crippen molar-refractivity contribution in [3.8, 4) is 0 Å². The maximum Gasteiger partial charge on any atom is 0.164 e. The van der Waals surface area contributed by atoms with Crippen molar-refractivity contribution in [3.63, 3.8) is 0 Å². The van der Waals surface area contributed by atoms with E-state index in [0.29, 0.717) is 19.3 Å². The van der Waals surface area contributed by atoms with Crippen LogP contribution < -0.4 is 0 Å². The summed E-state index contributed by atoms with van der Waals surface area (Å²) in [6, 6.07) is 15.0. The monoisotopic (exact) mass is 949 g/mol. The van der Waals surface area contributed by atoms with E-state index in [-0.39, 0.29) is 49.8 Å². The number of hydrogen-bond acceptors (Lipinski definition) is 3. The molecule has 3 nitrogen and oxygen atoms in total. The summed E-state index contributed by atoms with van der Waals surface area (Å²) >= 11 is 0. The highest BCUT2D eigenvalue weighted by atomic mass is 16.1. The van der Waals surface area contributed by atoms with E-state index in [1.165, 1.54) is 130 Å². The maximum absolute atomic E-state index is 14.8. The molecular formula is C69H72O3. The maximum atomic E-state index is 14.8. The molecule has 0 saturated carbocycles. The Morgan fingerprint density at radius 3 is 0.597 bits per heavy atom. The summed E-state index contributed by atoms with van der Waals surface area (Å²) in [6.45, 7) is 41.7. The molecule has 0 atom stereocenters. The zero-order chi connectivity index (χ0) is 51.5. The molecule has 3 aliphatic rings. The molecule has 0 fully saturated rings. The van der Waals surface area contributed by atoms with Crippen LogP contribution in [0.3, 0.4) is 0 Å². The first-order valence-corrected chi connectivity index (χ1v) is 27.2. The normalized spacial score (nSPS) is 16.5. The van der Waals surface area contributed by atoms with E-state index in [1.807, 2.05) is 0 Å². The number of benzene rings is 7. The summed E-state index contributed by atoms with van der Waals surface area (Å²) in [5.41, 5.74) is 12.6. The van der Waals surface area contributed by atoms with Gasteiger partial charge < -0.3 is 0 Å². The Balaban J connectivity index is 1.48. The molecule has 0 heterocycles. The summed E-state index contributed by atoms with van der Waals surface area (Å²) in [5.74, 6) is 0.762. The van der Waals surface area contributed by atoms with E-state index in [0.717, 1.165) is 52.6 Å². The van der Waals surface area contributed by atoms with Gasteiger partial charge in [0.15, 0.2) is 17.3 Å². The Bertz CT molecular complexity index is 3680. The predicted octanol–water partition coefficient (Wildman–Crippen LogP) is 18.6. The van der Waals surface area contributed by atoms with Gasteiger partial charge in [-0.2, -0.15) is 0 Å². The Hall–Kier alpha value is -5.67. The van der Waals surface area contributed by atoms with Gasteiger partial charge in [0.25, 0.3) is 0 Å². The van der Waals surface area contributed by atoms with Crippen LogP contribution in [0, 0.1) is 0 Å². The highest BCUT2D eigenvalue weighted by molar-refractivity contribution is 6.56. The van der Waals surface area contributed by atoms with Crippen molar-refractivity contribution in [2.45, 2.75) is 196 Å². The highest BCUT2D eigenvalue weighted by Gasteiger charge is 2.41. The van der Waals surface area contributed by atoms with E-state index >= 15 is 0 Å². The molecule has 0 saturated heterocycles. The number of ketones is 3. The molecule has 13 rings (SSSR count). The van der Waals surface area contributed by atoms with Crippen molar-refractivity contribution >= 4 is 114 Å². The van der Waals surface area contributed by atoms with Crippen molar-refractivity contribution in [2.24, 2.45) is 0 Å². The van der Waals surface area contributed by atoms with Crippen molar-refractivity contribution in [3.05, 3.63) is 103 Å². The molecule has 0 radical (unpaired) electrons. The molecule has 0 aromatic heterocycles. The fourth-order valence-corrected chi connectivity index (χ4v) is 15.2. The van der Waals surface area contributed by atoms with Gasteiger partial charge in [-0.05, 0) is 235 Å². The minimum Gasteiger partial charge on any atom is -0.294 e. The number of fused-ring (bicyclic) bond motifs is 12. The Kier molecular flexibility index (Phi) is 8.67. The number of carbonyl (C=O) groups is 3. The lowest BCUT2D eigenvalue weighted by atomic mass is 9.72. The molecule has 0 amide bonds. The molecular weight excluding hydrogens is 877 g/mol. The quantitative estimate of drug-likeness (QED) is 0.152. The number of aryl methyl sites for hydroxylation is 3.